The van der Waals surface area contributed by atoms with Crippen LogP contribution in [0.1, 0.15) is 62.4 Å². The Labute approximate surface area is 212 Å². The third-order valence-electron chi connectivity index (χ3n) is 5.97. The van der Waals surface area contributed by atoms with Gasteiger partial charge in [0.05, 0.1) is 25.0 Å². The van der Waals surface area contributed by atoms with Gasteiger partial charge in [0, 0.05) is 30.2 Å². The van der Waals surface area contributed by atoms with E-state index in [0.29, 0.717) is 29.2 Å². The van der Waals surface area contributed by atoms with Crippen LogP contribution in [0.4, 0.5) is 15.8 Å². The summed E-state index contributed by atoms with van der Waals surface area (Å²) in [5.41, 5.74) is 2.26. The first-order chi connectivity index (χ1) is 17.2. The van der Waals surface area contributed by atoms with Gasteiger partial charge in [0.2, 0.25) is 0 Å². The van der Waals surface area contributed by atoms with Gasteiger partial charge in [-0.25, -0.2) is 9.18 Å². The highest BCUT2D eigenvalue weighted by molar-refractivity contribution is 5.90. The number of anilines is 2. The van der Waals surface area contributed by atoms with Gasteiger partial charge < -0.3 is 19.1 Å². The number of hydrogen-bond donors (Lipinski definition) is 0. The summed E-state index contributed by atoms with van der Waals surface area (Å²) in [7, 11) is 1.63. The predicted octanol–water partition coefficient (Wildman–Crippen LogP) is 6.84. The van der Waals surface area contributed by atoms with Crippen molar-refractivity contribution in [1.82, 2.24) is 4.98 Å². The number of rotatable bonds is 8. The van der Waals surface area contributed by atoms with Crippen molar-refractivity contribution in [2.75, 3.05) is 12.0 Å². The minimum absolute atomic E-state index is 0.170. The Morgan fingerprint density at radius 2 is 1.69 bits per heavy atom. The Morgan fingerprint density at radius 1 is 1.00 bits per heavy atom. The quantitative estimate of drug-likeness (QED) is 0.321. The lowest BCUT2D eigenvalue weighted by Gasteiger charge is -2.27. The molecule has 2 aromatic carbocycles. The molecule has 0 spiro atoms. The normalized spacial score (nSPS) is 13.9. The summed E-state index contributed by atoms with van der Waals surface area (Å²) in [6.45, 7) is 5.88. The number of carbonyl (C=O) groups is 1. The molecular formula is C29H33FN2O4. The fourth-order valence-electron chi connectivity index (χ4n) is 4.28. The molecule has 0 radical (unpaired) electrons. The van der Waals surface area contributed by atoms with Crippen LogP contribution in [0, 0.1) is 5.82 Å². The van der Waals surface area contributed by atoms with E-state index in [1.54, 1.807) is 25.4 Å². The second kappa shape index (κ2) is 11.0. The van der Waals surface area contributed by atoms with Crippen LogP contribution in [0.15, 0.2) is 60.9 Å². The molecule has 36 heavy (non-hydrogen) atoms. The number of carbonyl (C=O) groups excluding carboxylic acids is 1. The number of ether oxygens (including phenoxy) is 3. The van der Waals surface area contributed by atoms with E-state index in [1.165, 1.54) is 12.3 Å². The highest BCUT2D eigenvalue weighted by Crippen LogP contribution is 2.38. The first kappa shape index (κ1) is 25.5. The van der Waals surface area contributed by atoms with Crippen LogP contribution >= 0.6 is 0 Å². The lowest BCUT2D eigenvalue weighted by atomic mass is 10.1. The lowest BCUT2D eigenvalue weighted by molar-refractivity contribution is 0.00695. The molecule has 0 bridgehead atoms. The van der Waals surface area contributed by atoms with Crippen molar-refractivity contribution in [3.05, 3.63) is 77.9 Å². The molecule has 7 heteroatoms. The van der Waals surface area contributed by atoms with Crippen molar-refractivity contribution in [2.45, 2.75) is 64.7 Å². The molecule has 1 aromatic heterocycles. The first-order valence-electron chi connectivity index (χ1n) is 12.3. The highest BCUT2D eigenvalue weighted by Gasteiger charge is 2.21. The number of aromatic nitrogens is 1. The standard InChI is InChI=1S/C29H33FN2O4/c1-29(2,3)36-28(33)21-9-11-23(12-10-21)32(19-20-15-22(30)18-31-17-20)24-13-14-26(34-4)27(16-24)35-25-7-5-6-8-25/h9-18,25H,5-8,19H2,1-4H3. The molecule has 1 fully saturated rings. The Hall–Kier alpha value is -3.61. The maximum absolute atomic E-state index is 13.9. The van der Waals surface area contributed by atoms with E-state index >= 15 is 0 Å². The van der Waals surface area contributed by atoms with Gasteiger partial charge in [0.15, 0.2) is 11.5 Å². The molecule has 0 N–H and O–H groups in total. The van der Waals surface area contributed by atoms with Crippen LogP contribution in [0.25, 0.3) is 0 Å². The zero-order chi connectivity index (χ0) is 25.7. The molecule has 190 valence electrons. The van der Waals surface area contributed by atoms with Gasteiger partial charge in [0.25, 0.3) is 0 Å². The average Bonchev–Trinajstić information content (AvgIpc) is 3.35. The van der Waals surface area contributed by atoms with Crippen molar-refractivity contribution in [1.29, 1.82) is 0 Å². The topological polar surface area (TPSA) is 60.9 Å². The third kappa shape index (κ3) is 6.53. The smallest absolute Gasteiger partial charge is 0.338 e. The largest absolute Gasteiger partial charge is 0.493 e. The number of esters is 1. The van der Waals surface area contributed by atoms with Gasteiger partial charge in [-0.05, 0) is 94.5 Å². The zero-order valence-corrected chi connectivity index (χ0v) is 21.3. The monoisotopic (exact) mass is 492 g/mol. The SMILES string of the molecule is COc1ccc(N(Cc2cncc(F)c2)c2ccc(C(=O)OC(C)(C)C)cc2)cc1OC1CCCC1. The number of nitrogens with zero attached hydrogens (tertiary/aromatic N) is 2. The van der Waals surface area contributed by atoms with Gasteiger partial charge in [-0.1, -0.05) is 0 Å². The van der Waals surface area contributed by atoms with Crippen molar-refractivity contribution >= 4 is 17.3 Å². The van der Waals surface area contributed by atoms with Crippen LogP contribution in [-0.2, 0) is 11.3 Å². The number of pyridine rings is 1. The zero-order valence-electron chi connectivity index (χ0n) is 21.3. The second-order valence-electron chi connectivity index (χ2n) is 10.0. The summed E-state index contributed by atoms with van der Waals surface area (Å²) < 4.78 is 31.3. The molecule has 3 aromatic rings. The van der Waals surface area contributed by atoms with E-state index < -0.39 is 11.4 Å². The highest BCUT2D eigenvalue weighted by atomic mass is 19.1. The summed E-state index contributed by atoms with van der Waals surface area (Å²) in [6, 6.07) is 14.4. The lowest BCUT2D eigenvalue weighted by Crippen LogP contribution is -2.24. The van der Waals surface area contributed by atoms with Crippen molar-refractivity contribution in [2.24, 2.45) is 0 Å². The van der Waals surface area contributed by atoms with Gasteiger partial charge in [-0.2, -0.15) is 0 Å². The van der Waals surface area contributed by atoms with E-state index in [2.05, 4.69) is 4.98 Å². The van der Waals surface area contributed by atoms with E-state index in [4.69, 9.17) is 14.2 Å². The van der Waals surface area contributed by atoms with Gasteiger partial charge >= 0.3 is 5.97 Å². The number of benzene rings is 2. The Morgan fingerprint density at radius 3 is 2.33 bits per heavy atom. The minimum Gasteiger partial charge on any atom is -0.493 e. The first-order valence-corrected chi connectivity index (χ1v) is 12.3. The molecule has 1 aliphatic rings. The van der Waals surface area contributed by atoms with Crippen molar-refractivity contribution < 1.29 is 23.4 Å². The molecule has 0 aliphatic heterocycles. The van der Waals surface area contributed by atoms with Crippen LogP contribution in [0.2, 0.25) is 0 Å². The number of hydrogen-bond acceptors (Lipinski definition) is 6. The molecule has 6 nitrogen and oxygen atoms in total. The summed E-state index contributed by atoms with van der Waals surface area (Å²) in [6.07, 6.45) is 7.37. The summed E-state index contributed by atoms with van der Waals surface area (Å²) in [5, 5.41) is 0. The summed E-state index contributed by atoms with van der Waals surface area (Å²) >= 11 is 0. The van der Waals surface area contributed by atoms with E-state index in [-0.39, 0.29) is 12.1 Å². The summed E-state index contributed by atoms with van der Waals surface area (Å²) in [4.78, 5) is 18.5. The van der Waals surface area contributed by atoms with Gasteiger partial charge in [-0.15, -0.1) is 0 Å². The molecule has 1 heterocycles. The van der Waals surface area contributed by atoms with Gasteiger partial charge in [-0.3, -0.25) is 4.98 Å². The second-order valence-corrected chi connectivity index (χ2v) is 10.0. The molecular weight excluding hydrogens is 459 g/mol. The number of methoxy groups -OCH3 is 1. The maximum Gasteiger partial charge on any atom is 0.338 e. The van der Waals surface area contributed by atoms with Crippen molar-refractivity contribution in [3.8, 4) is 11.5 Å². The predicted molar refractivity (Wildman–Crippen MR) is 138 cm³/mol. The molecule has 4 rings (SSSR count). The Kier molecular flexibility index (Phi) is 7.77. The fourth-order valence-corrected chi connectivity index (χ4v) is 4.28. The molecule has 0 unspecified atom stereocenters. The summed E-state index contributed by atoms with van der Waals surface area (Å²) in [5.74, 6) is 0.562. The molecule has 0 saturated heterocycles. The fraction of sp³-hybridized carbons (Fsp3) is 0.379. The van der Waals surface area contributed by atoms with Crippen LogP contribution in [0.5, 0.6) is 11.5 Å². The number of halogens is 1. The molecule has 0 atom stereocenters. The van der Waals surface area contributed by atoms with E-state index in [9.17, 15) is 9.18 Å². The Bertz CT molecular complexity index is 1180. The Balaban J connectivity index is 1.68. The van der Waals surface area contributed by atoms with Crippen LogP contribution in [0.3, 0.4) is 0 Å². The van der Waals surface area contributed by atoms with Crippen molar-refractivity contribution in [3.63, 3.8) is 0 Å². The third-order valence-corrected chi connectivity index (χ3v) is 5.97. The van der Waals surface area contributed by atoms with E-state index in [1.807, 2.05) is 56.0 Å². The van der Waals surface area contributed by atoms with Gasteiger partial charge in [0.1, 0.15) is 11.4 Å². The maximum atomic E-state index is 13.9. The van der Waals surface area contributed by atoms with Crippen LogP contribution in [-0.4, -0.2) is 29.8 Å². The van der Waals surface area contributed by atoms with Crippen LogP contribution < -0.4 is 14.4 Å². The molecule has 0 amide bonds. The average molecular weight is 493 g/mol. The van der Waals surface area contributed by atoms with E-state index in [0.717, 1.165) is 37.1 Å². The molecule has 1 saturated carbocycles. The molecule has 1 aliphatic carbocycles. The minimum atomic E-state index is -0.578.